The Kier molecular flexibility index (Phi) is 3.47. The van der Waals surface area contributed by atoms with Crippen LogP contribution in [0.25, 0.3) is 0 Å². The number of carbonyl (C=O) groups excluding carboxylic acids is 1. The Balaban J connectivity index is 1.77. The zero-order valence-electron chi connectivity index (χ0n) is 12.7. The first-order valence-electron chi connectivity index (χ1n) is 7.47. The fourth-order valence-corrected chi connectivity index (χ4v) is 4.31. The van der Waals surface area contributed by atoms with Crippen LogP contribution >= 0.6 is 15.9 Å². The number of carbonyl (C=O) groups is 1. The van der Waals surface area contributed by atoms with Crippen LogP contribution in [0.3, 0.4) is 0 Å². The molecule has 1 N–H and O–H groups in total. The maximum atomic E-state index is 12.2. The summed E-state index contributed by atoms with van der Waals surface area (Å²) in [6.07, 6.45) is 3.47. The molecule has 1 amide bonds. The second kappa shape index (κ2) is 4.94. The second-order valence-electron chi connectivity index (χ2n) is 7.00. The number of hydrazone groups is 1. The van der Waals surface area contributed by atoms with E-state index >= 15 is 0 Å². The first-order chi connectivity index (χ1) is 9.84. The van der Waals surface area contributed by atoms with Gasteiger partial charge in [-0.1, -0.05) is 42.8 Å². The quantitative estimate of drug-likeness (QED) is 0.791. The van der Waals surface area contributed by atoms with Crippen LogP contribution < -0.4 is 5.43 Å². The Bertz CT molecular complexity index is 623. The molecule has 2 aliphatic rings. The molecule has 0 unspecified atom stereocenters. The number of benzene rings is 1. The SMILES string of the molecule is CC1(C)[C@H]2CC[C@]1(C)/C(=N\NC(=O)c1cccc(Br)c1)C2. The first-order valence-corrected chi connectivity index (χ1v) is 8.27. The van der Waals surface area contributed by atoms with Gasteiger partial charge in [0, 0.05) is 21.2 Å². The van der Waals surface area contributed by atoms with Gasteiger partial charge in [-0.3, -0.25) is 4.79 Å². The van der Waals surface area contributed by atoms with E-state index < -0.39 is 0 Å². The smallest absolute Gasteiger partial charge is 0.267 e. The predicted octanol–water partition coefficient (Wildman–Crippen LogP) is 4.38. The number of rotatable bonds is 2. The van der Waals surface area contributed by atoms with Crippen LogP contribution in [0.15, 0.2) is 33.8 Å². The Morgan fingerprint density at radius 3 is 2.71 bits per heavy atom. The maximum Gasteiger partial charge on any atom is 0.271 e. The minimum atomic E-state index is -0.145. The van der Waals surface area contributed by atoms with Gasteiger partial charge in [0.25, 0.3) is 5.91 Å². The normalized spacial score (nSPS) is 31.6. The molecule has 112 valence electrons. The molecule has 2 bridgehead atoms. The molecular weight excluding hydrogens is 328 g/mol. The monoisotopic (exact) mass is 348 g/mol. The van der Waals surface area contributed by atoms with E-state index in [-0.39, 0.29) is 16.7 Å². The highest BCUT2D eigenvalue weighted by Crippen LogP contribution is 2.63. The van der Waals surface area contributed by atoms with E-state index in [0.29, 0.717) is 11.5 Å². The van der Waals surface area contributed by atoms with Gasteiger partial charge >= 0.3 is 0 Å². The van der Waals surface area contributed by atoms with Gasteiger partial charge in [0.15, 0.2) is 0 Å². The summed E-state index contributed by atoms with van der Waals surface area (Å²) >= 11 is 3.38. The lowest BCUT2D eigenvalue weighted by molar-refractivity contribution is 0.0954. The molecule has 0 radical (unpaired) electrons. The van der Waals surface area contributed by atoms with Crippen LogP contribution in [0.1, 0.15) is 50.4 Å². The maximum absolute atomic E-state index is 12.2. The number of hydrogen-bond donors (Lipinski definition) is 1. The third-order valence-electron chi connectivity index (χ3n) is 5.89. The summed E-state index contributed by atoms with van der Waals surface area (Å²) in [5.41, 5.74) is 4.94. The number of halogens is 1. The third kappa shape index (κ3) is 2.24. The molecule has 4 heteroatoms. The van der Waals surface area contributed by atoms with Gasteiger partial charge in [-0.05, 0) is 48.8 Å². The summed E-state index contributed by atoms with van der Waals surface area (Å²) in [6.45, 7) is 6.97. The number of nitrogens with zero attached hydrogens (tertiary/aromatic N) is 1. The Morgan fingerprint density at radius 1 is 1.38 bits per heavy atom. The Hall–Kier alpha value is -1.16. The topological polar surface area (TPSA) is 41.5 Å². The largest absolute Gasteiger partial charge is 0.271 e. The molecule has 1 aromatic rings. The number of fused-ring (bicyclic) bond motifs is 2. The summed E-state index contributed by atoms with van der Waals surface area (Å²) in [6, 6.07) is 7.37. The number of amides is 1. The predicted molar refractivity (Wildman–Crippen MR) is 88.3 cm³/mol. The van der Waals surface area contributed by atoms with Crippen molar-refractivity contribution in [1.82, 2.24) is 5.43 Å². The van der Waals surface area contributed by atoms with Crippen molar-refractivity contribution in [1.29, 1.82) is 0 Å². The van der Waals surface area contributed by atoms with Gasteiger partial charge in [-0.2, -0.15) is 5.10 Å². The molecular formula is C17H21BrN2O. The molecule has 2 fully saturated rings. The molecule has 3 nitrogen and oxygen atoms in total. The number of nitrogens with one attached hydrogen (secondary N) is 1. The third-order valence-corrected chi connectivity index (χ3v) is 6.38. The molecule has 2 saturated carbocycles. The number of hydrogen-bond acceptors (Lipinski definition) is 2. The summed E-state index contributed by atoms with van der Waals surface area (Å²) in [5.74, 6) is 0.553. The highest BCUT2D eigenvalue weighted by atomic mass is 79.9. The van der Waals surface area contributed by atoms with E-state index in [4.69, 9.17) is 0 Å². The second-order valence-corrected chi connectivity index (χ2v) is 7.92. The molecule has 0 heterocycles. The van der Waals surface area contributed by atoms with E-state index in [1.807, 2.05) is 18.2 Å². The molecule has 0 spiro atoms. The van der Waals surface area contributed by atoms with Crippen molar-refractivity contribution in [2.45, 2.75) is 40.0 Å². The fourth-order valence-electron chi connectivity index (χ4n) is 3.91. The van der Waals surface area contributed by atoms with Gasteiger partial charge in [-0.25, -0.2) is 5.43 Å². The van der Waals surface area contributed by atoms with E-state index in [0.717, 1.165) is 16.6 Å². The van der Waals surface area contributed by atoms with E-state index in [1.165, 1.54) is 12.8 Å². The van der Waals surface area contributed by atoms with Crippen molar-refractivity contribution in [2.75, 3.05) is 0 Å². The molecule has 0 saturated heterocycles. The molecule has 3 rings (SSSR count). The fraction of sp³-hybridized carbons (Fsp3) is 0.529. The molecule has 0 aliphatic heterocycles. The lowest BCUT2D eigenvalue weighted by Crippen LogP contribution is -2.34. The minimum Gasteiger partial charge on any atom is -0.267 e. The summed E-state index contributed by atoms with van der Waals surface area (Å²) in [7, 11) is 0. The van der Waals surface area contributed by atoms with Crippen molar-refractivity contribution < 1.29 is 4.79 Å². The standard InChI is InChI=1S/C17H21BrN2O/c1-16(2)12-7-8-17(16,3)14(10-12)19-20-15(21)11-5-4-6-13(18)9-11/h4-6,9,12H,7-8,10H2,1-3H3,(H,20,21)/b19-14-/t12-,17+/m0/s1. The van der Waals surface area contributed by atoms with Gasteiger partial charge in [0.05, 0.1) is 0 Å². The lowest BCUT2D eigenvalue weighted by atomic mass is 9.70. The van der Waals surface area contributed by atoms with E-state index in [1.54, 1.807) is 6.07 Å². The van der Waals surface area contributed by atoms with Crippen LogP contribution in [0.2, 0.25) is 0 Å². The molecule has 1 aromatic carbocycles. The highest BCUT2D eigenvalue weighted by Gasteiger charge is 2.59. The average Bonchev–Trinajstić information content (AvgIpc) is 2.77. The van der Waals surface area contributed by atoms with Crippen LogP contribution in [-0.4, -0.2) is 11.6 Å². The van der Waals surface area contributed by atoms with Gasteiger partial charge < -0.3 is 0 Å². The van der Waals surface area contributed by atoms with Gasteiger partial charge in [0.1, 0.15) is 0 Å². The van der Waals surface area contributed by atoms with Crippen LogP contribution in [0, 0.1) is 16.7 Å². The first kappa shape index (κ1) is 14.8. The van der Waals surface area contributed by atoms with Gasteiger partial charge in [0.2, 0.25) is 0 Å². The van der Waals surface area contributed by atoms with Crippen molar-refractivity contribution in [3.8, 4) is 0 Å². The Morgan fingerprint density at radius 2 is 2.14 bits per heavy atom. The average molecular weight is 349 g/mol. The van der Waals surface area contributed by atoms with E-state index in [2.05, 4.69) is 47.2 Å². The molecule has 2 atom stereocenters. The van der Waals surface area contributed by atoms with Crippen LogP contribution in [0.5, 0.6) is 0 Å². The van der Waals surface area contributed by atoms with Crippen LogP contribution in [0.4, 0.5) is 0 Å². The lowest BCUT2D eigenvalue weighted by Gasteiger charge is -2.34. The summed E-state index contributed by atoms with van der Waals surface area (Å²) in [5, 5.41) is 4.48. The van der Waals surface area contributed by atoms with Crippen molar-refractivity contribution in [3.63, 3.8) is 0 Å². The molecule has 2 aliphatic carbocycles. The van der Waals surface area contributed by atoms with E-state index in [9.17, 15) is 4.79 Å². The summed E-state index contributed by atoms with van der Waals surface area (Å²) in [4.78, 5) is 12.2. The molecule has 0 aromatic heterocycles. The Labute approximate surface area is 134 Å². The van der Waals surface area contributed by atoms with Gasteiger partial charge in [-0.15, -0.1) is 0 Å². The zero-order valence-corrected chi connectivity index (χ0v) is 14.3. The summed E-state index contributed by atoms with van der Waals surface area (Å²) < 4.78 is 0.899. The molecule has 21 heavy (non-hydrogen) atoms. The zero-order chi connectivity index (χ0) is 15.3. The highest BCUT2D eigenvalue weighted by molar-refractivity contribution is 9.10. The van der Waals surface area contributed by atoms with Crippen LogP contribution in [-0.2, 0) is 0 Å². The van der Waals surface area contributed by atoms with Crippen molar-refractivity contribution in [2.24, 2.45) is 21.8 Å². The van der Waals surface area contributed by atoms with Crippen molar-refractivity contribution in [3.05, 3.63) is 34.3 Å². The minimum absolute atomic E-state index is 0.127. The van der Waals surface area contributed by atoms with Crippen molar-refractivity contribution >= 4 is 27.5 Å².